The fourth-order valence-corrected chi connectivity index (χ4v) is 4.07. The van der Waals surface area contributed by atoms with E-state index in [0.717, 1.165) is 29.4 Å². The molecule has 35 heavy (non-hydrogen) atoms. The molecular formula is C26H26N6O3. The molecule has 2 heterocycles. The molecule has 0 saturated heterocycles. The van der Waals surface area contributed by atoms with E-state index in [1.54, 1.807) is 13.0 Å². The van der Waals surface area contributed by atoms with E-state index < -0.39 is 23.6 Å². The monoisotopic (exact) mass is 470 g/mol. The van der Waals surface area contributed by atoms with Gasteiger partial charge in [0.05, 0.1) is 16.7 Å². The van der Waals surface area contributed by atoms with Crippen LogP contribution in [0.5, 0.6) is 0 Å². The summed E-state index contributed by atoms with van der Waals surface area (Å²) < 4.78 is 3.33. The number of benzene rings is 2. The first kappa shape index (κ1) is 22.5. The first-order valence-corrected chi connectivity index (χ1v) is 11.6. The van der Waals surface area contributed by atoms with Gasteiger partial charge in [0.2, 0.25) is 11.7 Å². The van der Waals surface area contributed by atoms with Crippen LogP contribution in [-0.2, 0) is 23.1 Å². The molecule has 5 rings (SSSR count). The quantitative estimate of drug-likeness (QED) is 0.384. The number of ketones is 1. The number of nitrogens with zero attached hydrogens (tertiary/aromatic N) is 4. The number of imidazole rings is 1. The van der Waals surface area contributed by atoms with Crippen molar-refractivity contribution in [2.45, 2.75) is 38.3 Å². The van der Waals surface area contributed by atoms with Gasteiger partial charge in [-0.2, -0.15) is 9.78 Å². The molecule has 1 aliphatic rings. The van der Waals surface area contributed by atoms with Gasteiger partial charge < -0.3 is 15.2 Å². The van der Waals surface area contributed by atoms with Crippen LogP contribution >= 0.6 is 0 Å². The lowest BCUT2D eigenvalue weighted by molar-refractivity contribution is -0.139. The molecule has 0 radical (unpaired) electrons. The van der Waals surface area contributed by atoms with Crippen molar-refractivity contribution in [1.82, 2.24) is 30.0 Å². The predicted octanol–water partition coefficient (Wildman–Crippen LogP) is 2.26. The lowest BCUT2D eigenvalue weighted by Gasteiger charge is -2.18. The van der Waals surface area contributed by atoms with Crippen molar-refractivity contribution >= 4 is 28.6 Å². The smallest absolute Gasteiger partial charge is 0.289 e. The Morgan fingerprint density at radius 2 is 1.77 bits per heavy atom. The molecule has 0 aliphatic heterocycles. The summed E-state index contributed by atoms with van der Waals surface area (Å²) in [6, 6.07) is 17.6. The van der Waals surface area contributed by atoms with E-state index in [2.05, 4.69) is 20.7 Å². The molecule has 2 aromatic carbocycles. The van der Waals surface area contributed by atoms with Crippen LogP contribution < -0.4 is 10.6 Å². The second kappa shape index (κ2) is 9.17. The van der Waals surface area contributed by atoms with Gasteiger partial charge in [0.15, 0.2) is 0 Å². The van der Waals surface area contributed by atoms with Gasteiger partial charge >= 0.3 is 0 Å². The fraction of sp³-hybridized carbons (Fsp3) is 0.269. The number of hydrogen-bond donors (Lipinski definition) is 2. The Kier molecular flexibility index (Phi) is 5.90. The summed E-state index contributed by atoms with van der Waals surface area (Å²) in [6.45, 7) is 1.78. The minimum absolute atomic E-state index is 0.0427. The summed E-state index contributed by atoms with van der Waals surface area (Å²) in [5, 5.41) is 10.00. The molecule has 1 atom stereocenters. The number of carbonyl (C=O) groups is 3. The average Bonchev–Trinajstić information content (AvgIpc) is 3.50. The molecule has 2 aromatic heterocycles. The molecule has 1 aliphatic carbocycles. The lowest BCUT2D eigenvalue weighted by atomic mass is 10.0. The maximum absolute atomic E-state index is 13.4. The number of rotatable bonds is 8. The third-order valence-electron chi connectivity index (χ3n) is 6.06. The molecule has 9 heteroatoms. The Hall–Kier alpha value is -4.27. The summed E-state index contributed by atoms with van der Waals surface area (Å²) in [5.74, 6) is -1.37. The van der Waals surface area contributed by atoms with Gasteiger partial charge in [0.25, 0.3) is 11.8 Å². The van der Waals surface area contributed by atoms with Crippen LogP contribution in [0.4, 0.5) is 0 Å². The maximum Gasteiger partial charge on any atom is 0.289 e. The van der Waals surface area contributed by atoms with Crippen LogP contribution in [0, 0.1) is 6.92 Å². The Balaban J connectivity index is 1.45. The van der Waals surface area contributed by atoms with Crippen LogP contribution in [0.15, 0.2) is 60.7 Å². The molecule has 9 nitrogen and oxygen atoms in total. The molecule has 0 bridgehead atoms. The molecule has 1 unspecified atom stereocenters. The second-order valence-corrected chi connectivity index (χ2v) is 8.87. The van der Waals surface area contributed by atoms with Crippen molar-refractivity contribution in [3.63, 3.8) is 0 Å². The van der Waals surface area contributed by atoms with E-state index >= 15 is 0 Å². The first-order valence-electron chi connectivity index (χ1n) is 11.6. The van der Waals surface area contributed by atoms with Crippen LogP contribution in [0.2, 0.25) is 0 Å². The number of amides is 2. The van der Waals surface area contributed by atoms with E-state index in [0.29, 0.717) is 11.6 Å². The van der Waals surface area contributed by atoms with E-state index in [-0.39, 0.29) is 18.2 Å². The minimum atomic E-state index is -1.02. The Labute approximate surface area is 202 Å². The summed E-state index contributed by atoms with van der Waals surface area (Å²) in [6.07, 6.45) is 1.93. The summed E-state index contributed by atoms with van der Waals surface area (Å²) in [4.78, 5) is 43.7. The van der Waals surface area contributed by atoms with Gasteiger partial charge in [-0.05, 0) is 43.5 Å². The molecule has 1 fully saturated rings. The van der Waals surface area contributed by atoms with Crippen molar-refractivity contribution in [1.29, 1.82) is 0 Å². The molecule has 1 saturated carbocycles. The van der Waals surface area contributed by atoms with Crippen LogP contribution in [0.1, 0.15) is 34.6 Å². The van der Waals surface area contributed by atoms with Gasteiger partial charge in [-0.3, -0.25) is 14.4 Å². The van der Waals surface area contributed by atoms with Gasteiger partial charge in [0, 0.05) is 19.5 Å². The van der Waals surface area contributed by atoms with Crippen LogP contribution in [0.25, 0.3) is 17.0 Å². The third kappa shape index (κ3) is 4.70. The average molecular weight is 471 g/mol. The van der Waals surface area contributed by atoms with Gasteiger partial charge in [-0.25, -0.2) is 4.98 Å². The van der Waals surface area contributed by atoms with Crippen LogP contribution in [0.3, 0.4) is 0 Å². The van der Waals surface area contributed by atoms with Crippen molar-refractivity contribution in [3.8, 4) is 5.95 Å². The van der Waals surface area contributed by atoms with Crippen LogP contribution in [-0.4, -0.2) is 49.0 Å². The van der Waals surface area contributed by atoms with E-state index in [1.165, 1.54) is 4.68 Å². The van der Waals surface area contributed by atoms with Crippen molar-refractivity contribution in [3.05, 3.63) is 77.6 Å². The highest BCUT2D eigenvalue weighted by molar-refractivity contribution is 6.38. The highest BCUT2D eigenvalue weighted by Crippen LogP contribution is 2.20. The topological polar surface area (TPSA) is 111 Å². The van der Waals surface area contributed by atoms with Crippen molar-refractivity contribution in [2.24, 2.45) is 7.05 Å². The minimum Gasteiger partial charge on any atom is -0.347 e. The van der Waals surface area contributed by atoms with E-state index in [1.807, 2.05) is 66.2 Å². The van der Waals surface area contributed by atoms with Gasteiger partial charge in [-0.1, -0.05) is 42.5 Å². The Bertz CT molecular complexity index is 1420. The standard InChI is InChI=1S/C26H26N6O3/c1-16-14-22(32(30-16)26-29-19-10-6-7-11-21(19)31(26)2)24(34)28-20(15-17-8-4-3-5-9-17)23(33)25(35)27-18-12-13-18/h3-11,14,18,20H,12-13,15H2,1-2H3,(H,27,35)(H,28,34). The highest BCUT2D eigenvalue weighted by Gasteiger charge is 2.32. The normalized spacial score (nSPS) is 14.0. The van der Waals surface area contributed by atoms with Gasteiger partial charge in [-0.15, -0.1) is 0 Å². The number of aryl methyl sites for hydroxylation is 2. The SMILES string of the molecule is Cc1cc(C(=O)NC(Cc2ccccc2)C(=O)C(=O)NC2CC2)n(-c2nc3ccccc3n2C)n1. The zero-order valence-electron chi connectivity index (χ0n) is 19.6. The molecule has 2 amide bonds. The number of Topliss-reactive ketones (excluding diaryl/α,β-unsaturated/α-hetero) is 1. The zero-order valence-corrected chi connectivity index (χ0v) is 19.6. The fourth-order valence-electron chi connectivity index (χ4n) is 4.07. The summed E-state index contributed by atoms with van der Waals surface area (Å²) in [5.41, 5.74) is 3.37. The summed E-state index contributed by atoms with van der Waals surface area (Å²) in [7, 11) is 1.85. The number of para-hydroxylation sites is 2. The third-order valence-corrected chi connectivity index (χ3v) is 6.06. The predicted molar refractivity (Wildman–Crippen MR) is 130 cm³/mol. The summed E-state index contributed by atoms with van der Waals surface area (Å²) >= 11 is 0. The molecule has 178 valence electrons. The lowest BCUT2D eigenvalue weighted by Crippen LogP contribution is -2.49. The molecular weight excluding hydrogens is 444 g/mol. The van der Waals surface area contributed by atoms with E-state index in [9.17, 15) is 14.4 Å². The molecule has 0 spiro atoms. The molecule has 2 N–H and O–H groups in total. The number of nitrogens with one attached hydrogen (secondary N) is 2. The Morgan fingerprint density at radius 3 is 2.49 bits per heavy atom. The largest absolute Gasteiger partial charge is 0.347 e. The second-order valence-electron chi connectivity index (χ2n) is 8.87. The van der Waals surface area contributed by atoms with Crippen molar-refractivity contribution < 1.29 is 14.4 Å². The number of hydrogen-bond acceptors (Lipinski definition) is 5. The number of fused-ring (bicyclic) bond motifs is 1. The first-order chi connectivity index (χ1) is 16.9. The Morgan fingerprint density at radius 1 is 1.06 bits per heavy atom. The maximum atomic E-state index is 13.4. The number of carbonyl (C=O) groups excluding carboxylic acids is 3. The van der Waals surface area contributed by atoms with Gasteiger partial charge in [0.1, 0.15) is 11.7 Å². The molecule has 4 aromatic rings. The highest BCUT2D eigenvalue weighted by atomic mass is 16.2. The van der Waals surface area contributed by atoms with Crippen molar-refractivity contribution in [2.75, 3.05) is 0 Å². The number of aromatic nitrogens is 4. The zero-order chi connectivity index (χ0) is 24.5. The van der Waals surface area contributed by atoms with E-state index in [4.69, 9.17) is 0 Å².